The first kappa shape index (κ1) is 24.7. The van der Waals surface area contributed by atoms with Crippen LogP contribution in [0.1, 0.15) is 17.2 Å². The van der Waals surface area contributed by atoms with Gasteiger partial charge in [-0.3, -0.25) is 0 Å². The number of carboxylic acid groups (broad SMARTS) is 1. The Balaban J connectivity index is 1.70. The highest BCUT2D eigenvalue weighted by Gasteiger charge is 2.47. The number of allylic oxidation sites excluding steroid dienone is 2. The van der Waals surface area contributed by atoms with Crippen molar-refractivity contribution in [3.63, 3.8) is 0 Å². The molecule has 0 aliphatic carbocycles. The van der Waals surface area contributed by atoms with Gasteiger partial charge in [0.15, 0.2) is 23.4 Å². The van der Waals surface area contributed by atoms with Crippen molar-refractivity contribution in [1.29, 1.82) is 0 Å². The number of hydrogen-bond acceptors (Lipinski definition) is 11. The molecule has 3 heterocycles. The fraction of sp³-hybridized carbons (Fsp3) is 0.292. The summed E-state index contributed by atoms with van der Waals surface area (Å²) in [7, 11) is 0. The Bertz CT molecular complexity index is 1310. The number of aromatic hydroxyl groups is 3. The summed E-state index contributed by atoms with van der Waals surface area (Å²) in [4.78, 5) is 9.71. The molecule has 1 unspecified atom stereocenters. The lowest BCUT2D eigenvalue weighted by Gasteiger charge is -2.41. The largest absolute Gasteiger partial charge is 0.552 e. The van der Waals surface area contributed by atoms with Crippen molar-refractivity contribution in [2.45, 2.75) is 36.8 Å². The molecule has 5 rings (SSSR count). The lowest BCUT2D eigenvalue weighted by Crippen LogP contribution is -2.59. The fourth-order valence-electron chi connectivity index (χ4n) is 4.33. The van der Waals surface area contributed by atoms with Crippen molar-refractivity contribution in [1.82, 2.24) is 0 Å². The van der Waals surface area contributed by atoms with Crippen molar-refractivity contribution in [2.24, 2.45) is 0 Å². The van der Waals surface area contributed by atoms with Crippen LogP contribution in [0.5, 0.6) is 28.7 Å². The molecular weight excluding hydrogens is 496 g/mol. The molecule has 9 N–H and O–H groups in total. The number of aliphatic hydroxyl groups excluding tert-OH is 5. The highest BCUT2D eigenvalue weighted by atomic mass is 16.7. The first-order valence-corrected chi connectivity index (χ1v) is 11.0. The van der Waals surface area contributed by atoms with E-state index in [1.54, 1.807) is 0 Å². The zero-order valence-corrected chi connectivity index (χ0v) is 18.8. The number of carboxylic acids is 1. The predicted molar refractivity (Wildman–Crippen MR) is 121 cm³/mol. The molecule has 3 aliphatic rings. The van der Waals surface area contributed by atoms with Gasteiger partial charge in [-0.2, -0.15) is 0 Å². The Morgan fingerprint density at radius 3 is 2.35 bits per heavy atom. The number of aliphatic carboxylic acids is 1. The molecule has 0 amide bonds. The number of hydrogen-bond donors (Lipinski definition) is 8. The summed E-state index contributed by atoms with van der Waals surface area (Å²) in [6, 6.07) is 6.21. The zero-order chi connectivity index (χ0) is 26.6. The molecule has 13 heteroatoms. The number of phenols is 3. The van der Waals surface area contributed by atoms with E-state index in [2.05, 4.69) is 0 Å². The maximum absolute atomic E-state index is 10.6. The van der Waals surface area contributed by atoms with Crippen LogP contribution < -0.4 is 9.47 Å². The van der Waals surface area contributed by atoms with Gasteiger partial charge in [0.25, 0.3) is 5.76 Å². The first-order valence-electron chi connectivity index (χ1n) is 11.0. The van der Waals surface area contributed by atoms with E-state index in [1.165, 1.54) is 36.4 Å². The Hall–Kier alpha value is -4.01. The van der Waals surface area contributed by atoms with Crippen LogP contribution >= 0.6 is 0 Å². The molecule has 0 aromatic heterocycles. The monoisotopic (exact) mass is 519 g/mol. The van der Waals surface area contributed by atoms with Crippen molar-refractivity contribution < 1.29 is 64.6 Å². The van der Waals surface area contributed by atoms with E-state index in [4.69, 9.17) is 18.9 Å². The zero-order valence-electron chi connectivity index (χ0n) is 18.8. The van der Waals surface area contributed by atoms with Gasteiger partial charge in [0.1, 0.15) is 41.7 Å². The number of aliphatic hydroxyl groups is 4. The SMILES string of the molecule is OC[C@H]1O[C@@H](OC2=C3C=C(C(O)=[OH+])Oc4cc(O)cc(c43)OC2c2ccc(O)c(O)c2)[C@H](O)[C@@H](O)[C@@H]1O. The average Bonchev–Trinajstić information content (AvgIpc) is 2.86. The molecule has 3 aliphatic heterocycles. The van der Waals surface area contributed by atoms with Crippen LogP contribution in [-0.2, 0) is 9.47 Å². The Kier molecular flexibility index (Phi) is 6.09. The summed E-state index contributed by atoms with van der Waals surface area (Å²) in [5, 5.41) is 80.2. The molecule has 2 aromatic carbocycles. The fourth-order valence-corrected chi connectivity index (χ4v) is 4.33. The lowest BCUT2D eigenvalue weighted by molar-refractivity contribution is -0.293. The van der Waals surface area contributed by atoms with Crippen LogP contribution in [0.4, 0.5) is 0 Å². The first-order chi connectivity index (χ1) is 17.6. The van der Waals surface area contributed by atoms with Crippen molar-refractivity contribution in [3.8, 4) is 28.7 Å². The summed E-state index contributed by atoms with van der Waals surface area (Å²) < 4.78 is 22.9. The van der Waals surface area contributed by atoms with Gasteiger partial charge in [0.2, 0.25) is 6.29 Å². The second kappa shape index (κ2) is 9.14. The number of benzene rings is 2. The van der Waals surface area contributed by atoms with E-state index in [0.29, 0.717) is 0 Å². The van der Waals surface area contributed by atoms with E-state index in [9.17, 15) is 45.6 Å². The molecule has 1 saturated heterocycles. The minimum Gasteiger partial charge on any atom is -0.508 e. The van der Waals surface area contributed by atoms with E-state index in [1.807, 2.05) is 0 Å². The molecule has 37 heavy (non-hydrogen) atoms. The number of ether oxygens (including phenoxy) is 4. The summed E-state index contributed by atoms with van der Waals surface area (Å²) in [6.07, 6.45) is -8.18. The molecule has 1 fully saturated rings. The molecule has 0 saturated carbocycles. The molecule has 0 spiro atoms. The standard InChI is InChI=1S/C24H22O13/c25-7-16-18(29)19(30)20(31)24(36-16)37-22-10-6-15(23(32)33)34-13-4-9(26)5-14(17(10)13)35-21(22)8-1-2-11(27)12(28)3-8/h1-6,16,18-21,24-31H,7H2,(H,32,33)/p+1/t16-,18-,19+,20-,21?,24+/m1/s1. The van der Waals surface area contributed by atoms with E-state index >= 15 is 0 Å². The third-order valence-electron chi connectivity index (χ3n) is 6.18. The smallest absolute Gasteiger partial charge is 0.508 e. The predicted octanol–water partition coefficient (Wildman–Crippen LogP) is -0.199. The Labute approximate surface area is 207 Å². The van der Waals surface area contributed by atoms with Crippen molar-refractivity contribution >= 4 is 11.5 Å². The highest BCUT2D eigenvalue weighted by molar-refractivity contribution is 5.96. The van der Waals surface area contributed by atoms with Gasteiger partial charge < -0.3 is 64.6 Å². The van der Waals surface area contributed by atoms with E-state index in [-0.39, 0.29) is 39.7 Å². The summed E-state index contributed by atoms with van der Waals surface area (Å²) in [5.74, 6) is -2.90. The average molecular weight is 519 g/mol. The summed E-state index contributed by atoms with van der Waals surface area (Å²) >= 11 is 0. The van der Waals surface area contributed by atoms with Crippen LogP contribution in [0.25, 0.3) is 5.57 Å². The topological polar surface area (TPSA) is 220 Å². The number of rotatable bonds is 5. The number of phenolic OH excluding ortho intramolecular Hbond substituents is 3. The van der Waals surface area contributed by atoms with Gasteiger partial charge >= 0.3 is 5.97 Å². The minimum atomic E-state index is -1.79. The Morgan fingerprint density at radius 1 is 0.946 bits per heavy atom. The normalized spacial score (nSPS) is 28.5. The minimum absolute atomic E-state index is 0.0370. The third kappa shape index (κ3) is 4.18. The van der Waals surface area contributed by atoms with Crippen LogP contribution in [0.3, 0.4) is 0 Å². The molecule has 0 radical (unpaired) electrons. The van der Waals surface area contributed by atoms with Crippen LogP contribution in [0.15, 0.2) is 47.9 Å². The van der Waals surface area contributed by atoms with Crippen molar-refractivity contribution in [3.05, 3.63) is 59.1 Å². The van der Waals surface area contributed by atoms with Gasteiger partial charge in [-0.1, -0.05) is 6.07 Å². The molecule has 2 aromatic rings. The van der Waals surface area contributed by atoms with Gasteiger partial charge in [-0.05, 0) is 12.1 Å². The quantitative estimate of drug-likeness (QED) is 0.190. The maximum atomic E-state index is 10.6. The Morgan fingerprint density at radius 2 is 1.68 bits per heavy atom. The van der Waals surface area contributed by atoms with E-state index in [0.717, 1.165) is 0 Å². The summed E-state index contributed by atoms with van der Waals surface area (Å²) in [6.45, 7) is -0.708. The van der Waals surface area contributed by atoms with Gasteiger partial charge in [0, 0.05) is 29.3 Å². The van der Waals surface area contributed by atoms with Crippen LogP contribution in [0, 0.1) is 0 Å². The molecule has 13 nitrogen and oxygen atoms in total. The third-order valence-corrected chi connectivity index (χ3v) is 6.18. The van der Waals surface area contributed by atoms with Crippen LogP contribution in [0.2, 0.25) is 0 Å². The molecule has 196 valence electrons. The highest BCUT2D eigenvalue weighted by Crippen LogP contribution is 2.52. The molecular formula is C24H23O13+. The summed E-state index contributed by atoms with van der Waals surface area (Å²) in [5.41, 5.74) is 0.575. The second-order valence-electron chi connectivity index (χ2n) is 8.59. The molecule has 0 bridgehead atoms. The second-order valence-corrected chi connectivity index (χ2v) is 8.59. The lowest BCUT2D eigenvalue weighted by atomic mass is 9.92. The van der Waals surface area contributed by atoms with Crippen LogP contribution in [-0.4, -0.2) is 88.9 Å². The maximum Gasteiger partial charge on any atom is 0.552 e. The van der Waals surface area contributed by atoms with Gasteiger partial charge in [-0.15, -0.1) is 0 Å². The molecule has 6 atom stereocenters. The van der Waals surface area contributed by atoms with Crippen molar-refractivity contribution in [2.75, 3.05) is 6.61 Å². The van der Waals surface area contributed by atoms with Gasteiger partial charge in [-0.25, -0.2) is 0 Å². The van der Waals surface area contributed by atoms with E-state index < -0.39 is 66.6 Å². The van der Waals surface area contributed by atoms with Gasteiger partial charge in [0.05, 0.1) is 12.2 Å².